The molecule has 1 N–H and O–H groups in total. The van der Waals surface area contributed by atoms with Gasteiger partial charge in [0, 0.05) is 6.92 Å². The second-order valence-corrected chi connectivity index (χ2v) is 9.38. The minimum Gasteiger partial charge on any atom is -0.274 e. The highest BCUT2D eigenvalue weighted by molar-refractivity contribution is 7.85. The predicted molar refractivity (Wildman–Crippen MR) is 99.7 cm³/mol. The Balaban J connectivity index is 2.83. The molecule has 4 nitrogen and oxygen atoms in total. The number of hydrogen-bond acceptors (Lipinski definition) is 3. The van der Waals surface area contributed by atoms with Gasteiger partial charge < -0.3 is 0 Å². The smallest absolute Gasteiger partial charge is 0.274 e. The van der Waals surface area contributed by atoms with Gasteiger partial charge in [-0.3, -0.25) is 5.32 Å². The Morgan fingerprint density at radius 1 is 0.958 bits per heavy atom. The number of amidine groups is 1. The number of nitrogens with one attached hydrogen (secondary N) is 1. The molecule has 0 amide bonds. The van der Waals surface area contributed by atoms with Crippen molar-refractivity contribution < 1.29 is 12.4 Å². The van der Waals surface area contributed by atoms with Crippen molar-refractivity contribution in [1.82, 2.24) is 5.32 Å². The molecule has 1 aromatic carbocycles. The molecule has 0 radical (unpaired) electrons. The summed E-state index contributed by atoms with van der Waals surface area (Å²) in [5.74, 6) is 1.40. The van der Waals surface area contributed by atoms with E-state index in [4.69, 9.17) is 0 Å². The van der Waals surface area contributed by atoms with Gasteiger partial charge in [-0.05, 0) is 34.4 Å². The summed E-state index contributed by atoms with van der Waals surface area (Å²) in [4.78, 5) is 0.514. The molecule has 0 saturated carbocycles. The van der Waals surface area contributed by atoms with E-state index in [0.29, 0.717) is 29.7 Å². The van der Waals surface area contributed by atoms with Crippen molar-refractivity contribution in [2.45, 2.75) is 71.1 Å². The van der Waals surface area contributed by atoms with Crippen molar-refractivity contribution in [2.24, 2.45) is 0 Å². The zero-order valence-corrected chi connectivity index (χ0v) is 16.8. The van der Waals surface area contributed by atoms with Gasteiger partial charge in [-0.15, -0.1) is 3.98 Å². The Hall–Kier alpha value is -1.36. The van der Waals surface area contributed by atoms with Gasteiger partial charge in [0.2, 0.25) is 0 Å². The van der Waals surface area contributed by atoms with E-state index >= 15 is 0 Å². The topological polar surface area (TPSA) is 49.2 Å². The van der Waals surface area contributed by atoms with Crippen LogP contribution in [0.15, 0.2) is 17.0 Å². The van der Waals surface area contributed by atoms with Crippen LogP contribution in [-0.2, 0) is 10.0 Å². The molecule has 24 heavy (non-hydrogen) atoms. The van der Waals surface area contributed by atoms with Crippen molar-refractivity contribution in [3.05, 3.63) is 28.8 Å². The summed E-state index contributed by atoms with van der Waals surface area (Å²) >= 11 is 0. The molecule has 1 aromatic rings. The van der Waals surface area contributed by atoms with Gasteiger partial charge in [-0.1, -0.05) is 53.7 Å². The lowest BCUT2D eigenvalue weighted by atomic mass is 9.89. The third kappa shape index (κ3) is 3.37. The van der Waals surface area contributed by atoms with E-state index in [0.717, 1.165) is 11.1 Å². The van der Waals surface area contributed by atoms with Crippen LogP contribution in [0.1, 0.15) is 82.9 Å². The van der Waals surface area contributed by atoms with Crippen LogP contribution in [0.25, 0.3) is 0 Å². The van der Waals surface area contributed by atoms with Crippen LogP contribution in [0.3, 0.4) is 0 Å². The molecule has 0 aromatic heterocycles. The molecule has 1 aliphatic rings. The molecular weight excluding hydrogens is 320 g/mol. The summed E-state index contributed by atoms with van der Waals surface area (Å²) in [7, 11) is -3.55. The van der Waals surface area contributed by atoms with Crippen molar-refractivity contribution in [3.63, 3.8) is 0 Å². The van der Waals surface area contributed by atoms with E-state index < -0.39 is 10.0 Å². The number of rotatable bonds is 5. The largest absolute Gasteiger partial charge is 0.331 e. The summed E-state index contributed by atoms with van der Waals surface area (Å²) in [6, 6.07) is 4.18. The molecule has 0 unspecified atom stereocenters. The fourth-order valence-corrected chi connectivity index (χ4v) is 5.35. The molecule has 134 valence electrons. The first-order chi connectivity index (χ1) is 11.1. The van der Waals surface area contributed by atoms with E-state index in [9.17, 15) is 8.42 Å². The second-order valence-electron chi connectivity index (χ2n) is 7.58. The summed E-state index contributed by atoms with van der Waals surface area (Å²) in [6.07, 6.45) is 0. The monoisotopic (exact) mass is 351 g/mol. The van der Waals surface area contributed by atoms with Crippen LogP contribution in [0, 0.1) is 0 Å². The van der Waals surface area contributed by atoms with Crippen LogP contribution in [0.4, 0.5) is 0 Å². The van der Waals surface area contributed by atoms with Crippen molar-refractivity contribution in [3.8, 4) is 0 Å². The maximum absolute atomic E-state index is 13.4. The molecule has 1 aliphatic heterocycles. The summed E-state index contributed by atoms with van der Waals surface area (Å²) < 4.78 is 28.4. The van der Waals surface area contributed by atoms with Gasteiger partial charge >= 0.3 is 10.0 Å². The first-order valence-electron chi connectivity index (χ1n) is 8.85. The molecule has 0 aliphatic carbocycles. The van der Waals surface area contributed by atoms with Crippen LogP contribution in [0.2, 0.25) is 0 Å². The molecule has 5 heteroatoms. The van der Waals surface area contributed by atoms with Gasteiger partial charge in [0.25, 0.3) is 5.84 Å². The van der Waals surface area contributed by atoms with Crippen LogP contribution in [-0.4, -0.2) is 31.3 Å². The third-order valence-corrected chi connectivity index (χ3v) is 6.72. The Kier molecular flexibility index (Phi) is 5.43. The summed E-state index contributed by atoms with van der Waals surface area (Å²) in [6.45, 7) is 15.6. The fraction of sp³-hybridized carbons (Fsp3) is 0.632. The predicted octanol–water partition coefficient (Wildman–Crippen LogP) is 3.78. The number of nitrogens with zero attached hydrogens (tertiary/aromatic N) is 1. The highest BCUT2D eigenvalue weighted by atomic mass is 32.2. The van der Waals surface area contributed by atoms with Gasteiger partial charge in [-0.2, -0.15) is 8.42 Å². The summed E-state index contributed by atoms with van der Waals surface area (Å²) in [5.41, 5.74) is 3.08. The normalized spacial score (nSPS) is 15.8. The highest BCUT2D eigenvalue weighted by Gasteiger charge is 2.35. The van der Waals surface area contributed by atoms with Gasteiger partial charge in [0.1, 0.15) is 18.0 Å². The zero-order valence-electron chi connectivity index (χ0n) is 16.0. The third-order valence-electron chi connectivity index (χ3n) is 4.70. The average Bonchev–Trinajstić information content (AvgIpc) is 2.92. The van der Waals surface area contributed by atoms with Crippen molar-refractivity contribution in [2.75, 3.05) is 13.1 Å². The minimum atomic E-state index is -3.55. The van der Waals surface area contributed by atoms with E-state index in [-0.39, 0.29) is 11.8 Å². The molecule has 0 fully saturated rings. The lowest BCUT2D eigenvalue weighted by Crippen LogP contribution is -2.27. The number of hydrogen-bond donors (Lipinski definition) is 1. The fourth-order valence-electron chi connectivity index (χ4n) is 3.19. The molecule has 0 spiro atoms. The van der Waals surface area contributed by atoms with Crippen molar-refractivity contribution >= 4 is 15.9 Å². The van der Waals surface area contributed by atoms with Crippen molar-refractivity contribution in [1.29, 1.82) is 0 Å². The first-order valence-corrected chi connectivity index (χ1v) is 10.3. The first kappa shape index (κ1) is 19.0. The SMILES string of the molecule is CC1=[N+](S(=O)(=O)c2c(C(C)C)cc(C(C)C)cc2C(C)C)CCN1. The highest BCUT2D eigenvalue weighted by Crippen LogP contribution is 2.36. The van der Waals surface area contributed by atoms with E-state index in [1.807, 2.05) is 6.92 Å². The maximum atomic E-state index is 13.4. The Bertz CT molecular complexity index is 731. The van der Waals surface area contributed by atoms with E-state index in [1.165, 1.54) is 9.54 Å². The van der Waals surface area contributed by atoms with E-state index in [1.54, 1.807) is 0 Å². The Labute approximate surface area is 147 Å². The minimum absolute atomic E-state index is 0.154. The molecule has 1 heterocycles. The van der Waals surface area contributed by atoms with Gasteiger partial charge in [-0.25, -0.2) is 0 Å². The summed E-state index contributed by atoms with van der Waals surface area (Å²) in [5, 5.41) is 3.14. The number of sulfonamides is 1. The maximum Gasteiger partial charge on any atom is 0.331 e. The zero-order chi connectivity index (χ0) is 18.2. The average molecular weight is 352 g/mol. The number of benzene rings is 1. The Morgan fingerprint density at radius 2 is 1.46 bits per heavy atom. The standard InChI is InChI=1S/C19H30N2O2S/c1-12(2)16-10-17(13(3)4)19(18(11-16)14(5)6)24(22,23)21-9-8-20-15(21)7/h10-14H,8-9H2,1-7H3/p+1. The molecule has 2 rings (SSSR count). The quantitative estimate of drug-likeness (QED) is 0.821. The molecular formula is C19H31N2O2S+. The van der Waals surface area contributed by atoms with Gasteiger partial charge in [0.15, 0.2) is 0 Å². The lowest BCUT2D eigenvalue weighted by molar-refractivity contribution is -0.353. The van der Waals surface area contributed by atoms with Crippen LogP contribution in [0.5, 0.6) is 0 Å². The van der Waals surface area contributed by atoms with E-state index in [2.05, 4.69) is 59.0 Å². The van der Waals surface area contributed by atoms with Gasteiger partial charge in [0.05, 0.1) is 0 Å². The van der Waals surface area contributed by atoms with Crippen LogP contribution >= 0.6 is 0 Å². The van der Waals surface area contributed by atoms with Crippen LogP contribution < -0.4 is 5.32 Å². The second kappa shape index (κ2) is 6.87. The molecule has 0 atom stereocenters. The molecule has 0 bridgehead atoms. The lowest BCUT2D eigenvalue weighted by Gasteiger charge is -2.22. The Morgan fingerprint density at radius 3 is 1.79 bits per heavy atom. The molecule has 0 saturated heterocycles.